The number of unbranched alkanes of at least 4 members (excludes halogenated alkanes) is 3. The van der Waals surface area contributed by atoms with Crippen LogP contribution in [0.4, 0.5) is 0 Å². The van der Waals surface area contributed by atoms with E-state index in [-0.39, 0.29) is 5.75 Å². The maximum absolute atomic E-state index is 10.8. The van der Waals surface area contributed by atoms with Crippen LogP contribution in [0.3, 0.4) is 0 Å². The number of hydrogen-bond donors (Lipinski definition) is 1. The van der Waals surface area contributed by atoms with Gasteiger partial charge in [0.25, 0.3) is 0 Å². The largest absolute Gasteiger partial charge is 0.496 e. The van der Waals surface area contributed by atoms with E-state index in [2.05, 4.69) is 0 Å². The summed E-state index contributed by atoms with van der Waals surface area (Å²) in [7, 11) is -0.160. The van der Waals surface area contributed by atoms with Gasteiger partial charge in [0.15, 0.2) is 0 Å². The second-order valence-electron chi connectivity index (χ2n) is 4.68. The summed E-state index contributed by atoms with van der Waals surface area (Å²) in [6, 6.07) is 5.37. The summed E-state index contributed by atoms with van der Waals surface area (Å²) < 4.78 is 37.5. The molecule has 7 heteroatoms. The Morgan fingerprint density at radius 2 is 1.43 bits per heavy atom. The van der Waals surface area contributed by atoms with E-state index in [0.717, 1.165) is 19.3 Å². The number of rotatable bonds is 10. The van der Waals surface area contributed by atoms with Gasteiger partial charge in [-0.1, -0.05) is 12.8 Å². The highest BCUT2D eigenvalue weighted by atomic mass is 32.2. The molecule has 0 aliphatic carbocycles. The minimum atomic E-state index is -3.33. The van der Waals surface area contributed by atoms with E-state index >= 15 is 0 Å². The average molecular weight is 317 g/mol. The van der Waals surface area contributed by atoms with Gasteiger partial charge < -0.3 is 14.2 Å². The van der Waals surface area contributed by atoms with E-state index < -0.39 is 10.0 Å². The first kappa shape index (κ1) is 17.6. The lowest BCUT2D eigenvalue weighted by Gasteiger charge is -2.10. The van der Waals surface area contributed by atoms with Crippen molar-refractivity contribution in [1.82, 2.24) is 0 Å². The summed E-state index contributed by atoms with van der Waals surface area (Å²) in [6.45, 7) is 0.561. The van der Waals surface area contributed by atoms with Crippen LogP contribution < -0.4 is 19.3 Å². The van der Waals surface area contributed by atoms with Crippen molar-refractivity contribution in [2.24, 2.45) is 5.14 Å². The Hall–Kier alpha value is -1.47. The van der Waals surface area contributed by atoms with Gasteiger partial charge >= 0.3 is 0 Å². The van der Waals surface area contributed by atoms with Crippen molar-refractivity contribution in [3.05, 3.63) is 18.2 Å². The number of nitrogens with two attached hydrogens (primary N) is 1. The zero-order valence-electron chi connectivity index (χ0n) is 12.5. The molecule has 0 radical (unpaired) electrons. The topological polar surface area (TPSA) is 87.8 Å². The summed E-state index contributed by atoms with van der Waals surface area (Å²) >= 11 is 0. The zero-order valence-corrected chi connectivity index (χ0v) is 13.3. The van der Waals surface area contributed by atoms with Crippen LogP contribution in [0.5, 0.6) is 17.2 Å². The second kappa shape index (κ2) is 8.74. The van der Waals surface area contributed by atoms with Crippen LogP contribution in [0.1, 0.15) is 25.7 Å². The molecule has 6 nitrogen and oxygen atoms in total. The number of sulfonamides is 1. The van der Waals surface area contributed by atoms with E-state index in [1.54, 1.807) is 32.4 Å². The van der Waals surface area contributed by atoms with Crippen molar-refractivity contribution >= 4 is 10.0 Å². The first-order valence-corrected chi connectivity index (χ1v) is 8.52. The molecule has 1 aromatic carbocycles. The molecule has 0 atom stereocenters. The summed E-state index contributed by atoms with van der Waals surface area (Å²) in [5.41, 5.74) is 0. The fraction of sp³-hybridized carbons (Fsp3) is 0.571. The minimum Gasteiger partial charge on any atom is -0.496 e. The van der Waals surface area contributed by atoms with Gasteiger partial charge in [-0.05, 0) is 12.8 Å². The molecule has 0 heterocycles. The molecule has 0 bridgehead atoms. The van der Waals surface area contributed by atoms with Gasteiger partial charge in [0.2, 0.25) is 10.0 Å². The lowest BCUT2D eigenvalue weighted by molar-refractivity contribution is 0.300. The molecule has 1 rings (SSSR count). The molecule has 0 aliphatic rings. The lowest BCUT2D eigenvalue weighted by atomic mass is 10.2. The van der Waals surface area contributed by atoms with Crippen LogP contribution >= 0.6 is 0 Å². The Labute approximate surface area is 126 Å². The fourth-order valence-electron chi connectivity index (χ4n) is 1.81. The van der Waals surface area contributed by atoms with Crippen LogP contribution in [-0.2, 0) is 10.0 Å². The third kappa shape index (κ3) is 7.77. The van der Waals surface area contributed by atoms with Gasteiger partial charge in [-0.3, -0.25) is 0 Å². The van der Waals surface area contributed by atoms with Crippen LogP contribution in [-0.4, -0.2) is 35.0 Å². The highest BCUT2D eigenvalue weighted by Gasteiger charge is 2.04. The molecule has 1 aromatic rings. The third-order valence-electron chi connectivity index (χ3n) is 2.92. The predicted molar refractivity (Wildman–Crippen MR) is 81.5 cm³/mol. The van der Waals surface area contributed by atoms with Crippen molar-refractivity contribution in [3.63, 3.8) is 0 Å². The first-order valence-electron chi connectivity index (χ1n) is 6.81. The molecule has 0 aliphatic heterocycles. The molecule has 0 fully saturated rings. The second-order valence-corrected chi connectivity index (χ2v) is 6.41. The molecular weight excluding hydrogens is 294 g/mol. The van der Waals surface area contributed by atoms with Gasteiger partial charge in [0.05, 0.1) is 26.6 Å². The molecule has 0 aromatic heterocycles. The minimum absolute atomic E-state index is 0.0426. The number of ether oxygens (including phenoxy) is 3. The van der Waals surface area contributed by atoms with Crippen molar-refractivity contribution in [3.8, 4) is 17.2 Å². The number of benzene rings is 1. The van der Waals surface area contributed by atoms with Crippen LogP contribution in [0.2, 0.25) is 0 Å². The maximum Gasteiger partial charge on any atom is 0.209 e. The van der Waals surface area contributed by atoms with Gasteiger partial charge in [0.1, 0.15) is 17.2 Å². The molecular formula is C14H23NO5S. The lowest BCUT2D eigenvalue weighted by Crippen LogP contribution is -2.16. The molecule has 0 spiro atoms. The van der Waals surface area contributed by atoms with Crippen LogP contribution in [0.25, 0.3) is 0 Å². The highest BCUT2D eigenvalue weighted by molar-refractivity contribution is 7.89. The quantitative estimate of drug-likeness (QED) is 0.666. The van der Waals surface area contributed by atoms with E-state index in [1.165, 1.54) is 0 Å². The summed E-state index contributed by atoms with van der Waals surface area (Å²) in [5.74, 6) is 2.09. The Morgan fingerprint density at radius 3 is 1.95 bits per heavy atom. The number of hydrogen-bond acceptors (Lipinski definition) is 5. The third-order valence-corrected chi connectivity index (χ3v) is 3.77. The van der Waals surface area contributed by atoms with Crippen molar-refractivity contribution in [2.45, 2.75) is 25.7 Å². The smallest absolute Gasteiger partial charge is 0.209 e. The fourth-order valence-corrected chi connectivity index (χ4v) is 2.42. The molecule has 0 unspecified atom stereocenters. The van der Waals surface area contributed by atoms with Gasteiger partial charge in [-0.25, -0.2) is 13.6 Å². The molecule has 21 heavy (non-hydrogen) atoms. The first-order chi connectivity index (χ1) is 9.94. The van der Waals surface area contributed by atoms with E-state index in [4.69, 9.17) is 19.3 Å². The molecule has 120 valence electrons. The molecule has 2 N–H and O–H groups in total. The Morgan fingerprint density at radius 1 is 0.905 bits per heavy atom. The molecule has 0 saturated heterocycles. The van der Waals surface area contributed by atoms with E-state index in [0.29, 0.717) is 30.3 Å². The van der Waals surface area contributed by atoms with Gasteiger partial charge in [-0.2, -0.15) is 0 Å². The predicted octanol–water partition coefficient (Wildman–Crippen LogP) is 1.93. The Bertz CT molecular complexity index is 508. The van der Waals surface area contributed by atoms with Gasteiger partial charge in [-0.15, -0.1) is 0 Å². The molecule has 0 amide bonds. The zero-order chi connectivity index (χ0) is 15.7. The van der Waals surface area contributed by atoms with E-state index in [1.807, 2.05) is 0 Å². The van der Waals surface area contributed by atoms with Crippen molar-refractivity contribution < 1.29 is 22.6 Å². The van der Waals surface area contributed by atoms with Crippen molar-refractivity contribution in [1.29, 1.82) is 0 Å². The monoisotopic (exact) mass is 317 g/mol. The van der Waals surface area contributed by atoms with Crippen LogP contribution in [0, 0.1) is 0 Å². The Balaban J connectivity index is 2.26. The summed E-state index contributed by atoms with van der Waals surface area (Å²) in [6.07, 6.45) is 3.16. The number of methoxy groups -OCH3 is 2. The normalized spacial score (nSPS) is 11.2. The summed E-state index contributed by atoms with van der Waals surface area (Å²) in [4.78, 5) is 0. The maximum atomic E-state index is 10.8. The number of primary sulfonamides is 1. The van der Waals surface area contributed by atoms with Crippen molar-refractivity contribution in [2.75, 3.05) is 26.6 Å². The molecule has 0 saturated carbocycles. The SMILES string of the molecule is COc1cc(OC)cc(OCCCCCCS(N)(=O)=O)c1. The Kier molecular flexibility index (Phi) is 7.31. The van der Waals surface area contributed by atoms with Gasteiger partial charge in [0, 0.05) is 18.2 Å². The average Bonchev–Trinajstić information content (AvgIpc) is 2.44. The summed E-state index contributed by atoms with van der Waals surface area (Å²) in [5, 5.41) is 4.93. The standard InChI is InChI=1S/C14H23NO5S/c1-18-12-9-13(19-2)11-14(10-12)20-7-5-3-4-6-8-21(15,16)17/h9-11H,3-8H2,1-2H3,(H2,15,16,17). The van der Waals surface area contributed by atoms with Crippen LogP contribution in [0.15, 0.2) is 18.2 Å². The van der Waals surface area contributed by atoms with E-state index in [9.17, 15) is 8.42 Å². The highest BCUT2D eigenvalue weighted by Crippen LogP contribution is 2.27.